The Morgan fingerprint density at radius 3 is 2.75 bits per heavy atom. The molecule has 0 saturated heterocycles. The molecule has 82 valence electrons. The number of anilines is 1. The maximum Gasteiger partial charge on any atom is 0.223 e. The number of nitrogens with zero attached hydrogens (tertiary/aromatic N) is 4. The van der Waals surface area contributed by atoms with Crippen molar-refractivity contribution < 1.29 is 4.74 Å². The van der Waals surface area contributed by atoms with Gasteiger partial charge >= 0.3 is 0 Å². The predicted octanol–water partition coefficient (Wildman–Crippen LogP) is 0.887. The van der Waals surface area contributed by atoms with Gasteiger partial charge in [0, 0.05) is 6.20 Å². The predicted molar refractivity (Wildman–Crippen MR) is 57.9 cm³/mol. The van der Waals surface area contributed by atoms with Crippen molar-refractivity contribution >= 4 is 5.95 Å². The van der Waals surface area contributed by atoms with Gasteiger partial charge in [0.05, 0.1) is 31.7 Å². The quantitative estimate of drug-likeness (QED) is 0.819. The molecular weight excluding hydrogens is 206 g/mol. The number of hydrogen-bond donors (Lipinski definition) is 1. The van der Waals surface area contributed by atoms with Crippen molar-refractivity contribution in [2.45, 2.75) is 6.54 Å². The number of nitrogens with one attached hydrogen (secondary N) is 1. The van der Waals surface area contributed by atoms with Crippen LogP contribution < -0.4 is 10.1 Å². The lowest BCUT2D eigenvalue weighted by atomic mass is 10.4. The zero-order chi connectivity index (χ0) is 11.2. The Morgan fingerprint density at radius 1 is 1.31 bits per heavy atom. The number of rotatable bonds is 4. The Hall–Kier alpha value is -2.24. The average Bonchev–Trinajstić information content (AvgIpc) is 2.38. The molecular formula is C10H11N5O. The Bertz CT molecular complexity index is 431. The topological polar surface area (TPSA) is 72.8 Å². The number of hydrogen-bond acceptors (Lipinski definition) is 6. The van der Waals surface area contributed by atoms with E-state index in [1.165, 1.54) is 0 Å². The van der Waals surface area contributed by atoms with Gasteiger partial charge < -0.3 is 10.1 Å². The second-order valence-electron chi connectivity index (χ2n) is 3.02. The molecule has 0 atom stereocenters. The lowest BCUT2D eigenvalue weighted by Gasteiger charge is -2.03. The van der Waals surface area contributed by atoms with Gasteiger partial charge in [0.25, 0.3) is 0 Å². The molecule has 6 nitrogen and oxygen atoms in total. The molecule has 0 aliphatic carbocycles. The number of ether oxygens (including phenoxy) is 1. The minimum absolute atomic E-state index is 0.534. The van der Waals surface area contributed by atoms with Crippen LogP contribution in [0.3, 0.4) is 0 Å². The first kappa shape index (κ1) is 10.3. The van der Waals surface area contributed by atoms with E-state index in [9.17, 15) is 0 Å². The van der Waals surface area contributed by atoms with Crippen LogP contribution in [0.2, 0.25) is 0 Å². The molecule has 2 aromatic rings. The van der Waals surface area contributed by atoms with E-state index >= 15 is 0 Å². The number of aromatic nitrogens is 4. The summed E-state index contributed by atoms with van der Waals surface area (Å²) in [6, 6.07) is 3.71. The first-order chi connectivity index (χ1) is 7.88. The van der Waals surface area contributed by atoms with Gasteiger partial charge in [-0.2, -0.15) is 10.2 Å². The van der Waals surface area contributed by atoms with Crippen LogP contribution in [-0.2, 0) is 6.54 Å². The largest absolute Gasteiger partial charge is 0.494 e. The third-order valence-corrected chi connectivity index (χ3v) is 1.92. The molecule has 0 aliphatic rings. The summed E-state index contributed by atoms with van der Waals surface area (Å²) in [5.41, 5.74) is 0.835. The fraction of sp³-hybridized carbons (Fsp3) is 0.200. The summed E-state index contributed by atoms with van der Waals surface area (Å²) >= 11 is 0. The van der Waals surface area contributed by atoms with E-state index in [1.54, 1.807) is 25.7 Å². The highest BCUT2D eigenvalue weighted by molar-refractivity contribution is 5.27. The van der Waals surface area contributed by atoms with Gasteiger partial charge in [0.2, 0.25) is 5.95 Å². The van der Waals surface area contributed by atoms with Crippen LogP contribution in [0.25, 0.3) is 0 Å². The second-order valence-corrected chi connectivity index (χ2v) is 3.02. The fourth-order valence-corrected chi connectivity index (χ4v) is 1.11. The van der Waals surface area contributed by atoms with E-state index in [-0.39, 0.29) is 0 Å². The Labute approximate surface area is 92.7 Å². The van der Waals surface area contributed by atoms with E-state index in [0.29, 0.717) is 18.2 Å². The molecule has 2 heterocycles. The van der Waals surface area contributed by atoms with Crippen LogP contribution in [-0.4, -0.2) is 27.3 Å². The molecule has 1 N–H and O–H groups in total. The molecule has 0 amide bonds. The van der Waals surface area contributed by atoms with E-state index in [1.807, 2.05) is 12.1 Å². The van der Waals surface area contributed by atoms with Crippen LogP contribution in [0.5, 0.6) is 5.75 Å². The van der Waals surface area contributed by atoms with Crippen molar-refractivity contribution in [2.24, 2.45) is 0 Å². The van der Waals surface area contributed by atoms with Gasteiger partial charge in [-0.1, -0.05) is 0 Å². The molecule has 0 unspecified atom stereocenters. The van der Waals surface area contributed by atoms with Gasteiger partial charge in [-0.05, 0) is 12.1 Å². The lowest BCUT2D eigenvalue weighted by molar-refractivity contribution is 0.411. The molecule has 0 radical (unpaired) electrons. The van der Waals surface area contributed by atoms with E-state index in [4.69, 9.17) is 4.74 Å². The first-order valence-electron chi connectivity index (χ1n) is 4.75. The molecule has 0 saturated carbocycles. The highest BCUT2D eigenvalue weighted by Crippen LogP contribution is 2.07. The highest BCUT2D eigenvalue weighted by atomic mass is 16.5. The van der Waals surface area contributed by atoms with Gasteiger partial charge in [-0.25, -0.2) is 9.97 Å². The van der Waals surface area contributed by atoms with Crippen LogP contribution >= 0.6 is 0 Å². The summed E-state index contributed by atoms with van der Waals surface area (Å²) in [6.07, 6.45) is 4.84. The molecule has 6 heteroatoms. The summed E-state index contributed by atoms with van der Waals surface area (Å²) in [6.45, 7) is 0.542. The van der Waals surface area contributed by atoms with E-state index in [2.05, 4.69) is 25.5 Å². The van der Waals surface area contributed by atoms with Crippen LogP contribution in [0.15, 0.2) is 30.7 Å². The lowest BCUT2D eigenvalue weighted by Crippen LogP contribution is -2.05. The monoisotopic (exact) mass is 217 g/mol. The molecule has 2 rings (SSSR count). The zero-order valence-corrected chi connectivity index (χ0v) is 8.79. The summed E-state index contributed by atoms with van der Waals surface area (Å²) in [5, 5.41) is 10.7. The maximum absolute atomic E-state index is 4.96. The normalized spacial score (nSPS) is 9.81. The van der Waals surface area contributed by atoms with E-state index in [0.717, 1.165) is 5.69 Å². The fourth-order valence-electron chi connectivity index (χ4n) is 1.11. The molecule has 0 aromatic carbocycles. The van der Waals surface area contributed by atoms with Crippen LogP contribution in [0.1, 0.15) is 5.69 Å². The smallest absolute Gasteiger partial charge is 0.223 e. The van der Waals surface area contributed by atoms with Gasteiger partial charge in [0.1, 0.15) is 0 Å². The average molecular weight is 217 g/mol. The second kappa shape index (κ2) is 5.01. The Morgan fingerprint density at radius 2 is 2.12 bits per heavy atom. The summed E-state index contributed by atoms with van der Waals surface area (Å²) in [7, 11) is 1.57. The molecule has 0 aliphatic heterocycles. The van der Waals surface area contributed by atoms with Crippen molar-refractivity contribution in [1.82, 2.24) is 20.2 Å². The highest BCUT2D eigenvalue weighted by Gasteiger charge is 1.98. The Balaban J connectivity index is 1.94. The molecule has 2 aromatic heterocycles. The van der Waals surface area contributed by atoms with Crippen LogP contribution in [0, 0.1) is 0 Å². The summed E-state index contributed by atoms with van der Waals surface area (Å²) < 4.78 is 4.96. The van der Waals surface area contributed by atoms with Crippen molar-refractivity contribution in [2.75, 3.05) is 12.4 Å². The molecule has 16 heavy (non-hydrogen) atoms. The molecule has 0 fully saturated rings. The molecule has 0 spiro atoms. The standard InChI is InChI=1S/C10H11N5O/c1-16-9-6-12-10(13-7-9)11-5-8-3-2-4-14-15-8/h2-4,6-7H,5H2,1H3,(H,11,12,13). The summed E-state index contributed by atoms with van der Waals surface area (Å²) in [5.74, 6) is 1.16. The van der Waals surface area contributed by atoms with E-state index < -0.39 is 0 Å². The number of methoxy groups -OCH3 is 1. The van der Waals surface area contributed by atoms with Gasteiger partial charge in [0.15, 0.2) is 5.75 Å². The summed E-state index contributed by atoms with van der Waals surface area (Å²) in [4.78, 5) is 8.14. The van der Waals surface area contributed by atoms with Crippen LogP contribution in [0.4, 0.5) is 5.95 Å². The van der Waals surface area contributed by atoms with Gasteiger partial charge in [-0.15, -0.1) is 0 Å². The molecule has 0 bridgehead atoms. The van der Waals surface area contributed by atoms with Crippen molar-refractivity contribution in [3.63, 3.8) is 0 Å². The first-order valence-corrected chi connectivity index (χ1v) is 4.75. The van der Waals surface area contributed by atoms with Gasteiger partial charge in [-0.3, -0.25) is 0 Å². The Kier molecular flexibility index (Phi) is 3.22. The minimum Gasteiger partial charge on any atom is -0.494 e. The third-order valence-electron chi connectivity index (χ3n) is 1.92. The zero-order valence-electron chi connectivity index (χ0n) is 8.79. The maximum atomic E-state index is 4.96. The van der Waals surface area contributed by atoms with Crippen molar-refractivity contribution in [1.29, 1.82) is 0 Å². The van der Waals surface area contributed by atoms with Crippen molar-refractivity contribution in [3.05, 3.63) is 36.4 Å². The van der Waals surface area contributed by atoms with Crippen molar-refractivity contribution in [3.8, 4) is 5.75 Å². The third kappa shape index (κ3) is 2.63. The minimum atomic E-state index is 0.534. The SMILES string of the molecule is COc1cnc(NCc2cccnn2)nc1.